The predicted molar refractivity (Wildman–Crippen MR) is 113 cm³/mol. The minimum absolute atomic E-state index is 1.12. The van der Waals surface area contributed by atoms with Crippen LogP contribution in [0.4, 0.5) is 11.4 Å². The van der Waals surface area contributed by atoms with Gasteiger partial charge < -0.3 is 5.32 Å². The molecule has 0 fully saturated rings. The first-order valence-corrected chi connectivity index (χ1v) is 9.37. The van der Waals surface area contributed by atoms with Crippen molar-refractivity contribution in [2.45, 2.75) is 9.79 Å². The molecule has 0 atom stereocenters. The molecule has 0 aliphatic rings. The van der Waals surface area contributed by atoms with Gasteiger partial charge in [0.1, 0.15) is 0 Å². The highest BCUT2D eigenvalue weighted by molar-refractivity contribution is 7.99. The van der Waals surface area contributed by atoms with E-state index in [-0.39, 0.29) is 0 Å². The van der Waals surface area contributed by atoms with Gasteiger partial charge in [-0.05, 0) is 48.5 Å². The monoisotopic (exact) mass is 355 g/mol. The van der Waals surface area contributed by atoms with Crippen LogP contribution in [0.15, 0.2) is 131 Å². The highest BCUT2D eigenvalue weighted by Crippen LogP contribution is 2.26. The summed E-state index contributed by atoms with van der Waals surface area (Å²) in [4.78, 5) is 2.57. The van der Waals surface area contributed by atoms with Gasteiger partial charge in [0.2, 0.25) is 0 Å². The van der Waals surface area contributed by atoms with Gasteiger partial charge in [-0.1, -0.05) is 84.6 Å². The second kappa shape index (κ2) is 10.1. The van der Waals surface area contributed by atoms with E-state index in [4.69, 9.17) is 0 Å². The van der Waals surface area contributed by atoms with Crippen LogP contribution in [0.1, 0.15) is 0 Å². The molecular formula is C24H21NS. The van der Waals surface area contributed by atoms with Crippen LogP contribution in [0.2, 0.25) is 0 Å². The molecule has 0 saturated heterocycles. The van der Waals surface area contributed by atoms with Gasteiger partial charge in [-0.25, -0.2) is 0 Å². The molecule has 0 bridgehead atoms. The Hall–Kier alpha value is -2.97. The van der Waals surface area contributed by atoms with Gasteiger partial charge in [-0.2, -0.15) is 0 Å². The summed E-state index contributed by atoms with van der Waals surface area (Å²) in [5, 5.41) is 3.30. The van der Waals surface area contributed by atoms with Crippen LogP contribution in [0.3, 0.4) is 0 Å². The van der Waals surface area contributed by atoms with E-state index in [2.05, 4.69) is 53.8 Å². The molecule has 4 rings (SSSR count). The van der Waals surface area contributed by atoms with E-state index >= 15 is 0 Å². The maximum absolute atomic E-state index is 3.30. The molecule has 1 nitrogen and oxygen atoms in total. The van der Waals surface area contributed by atoms with Crippen LogP contribution in [0.5, 0.6) is 0 Å². The Morgan fingerprint density at radius 1 is 0.385 bits per heavy atom. The lowest BCUT2D eigenvalue weighted by Crippen LogP contribution is -1.87. The third kappa shape index (κ3) is 6.15. The van der Waals surface area contributed by atoms with Crippen LogP contribution in [-0.2, 0) is 0 Å². The van der Waals surface area contributed by atoms with E-state index in [0.29, 0.717) is 0 Å². The quantitative estimate of drug-likeness (QED) is 0.413. The summed E-state index contributed by atoms with van der Waals surface area (Å²) in [5.74, 6) is 0. The van der Waals surface area contributed by atoms with Gasteiger partial charge in [0.15, 0.2) is 0 Å². The Labute approximate surface area is 159 Å². The minimum atomic E-state index is 1.12. The number of hydrogen-bond donors (Lipinski definition) is 1. The molecule has 2 heteroatoms. The first kappa shape index (κ1) is 17.8. The summed E-state index contributed by atoms with van der Waals surface area (Å²) in [6.07, 6.45) is 0. The Bertz CT molecular complexity index is 711. The predicted octanol–water partition coefficient (Wildman–Crippen LogP) is 7.27. The summed E-state index contributed by atoms with van der Waals surface area (Å²) in [6.45, 7) is 0. The zero-order chi connectivity index (χ0) is 17.9. The van der Waals surface area contributed by atoms with Gasteiger partial charge >= 0.3 is 0 Å². The topological polar surface area (TPSA) is 12.0 Å². The SMILES string of the molecule is c1ccc(Nc2ccccc2)cc1.c1ccc(Sc2ccccc2)cc1. The smallest absolute Gasteiger partial charge is 0.0384 e. The van der Waals surface area contributed by atoms with Crippen LogP contribution in [0.25, 0.3) is 0 Å². The van der Waals surface area contributed by atoms with Gasteiger partial charge in [-0.15, -0.1) is 0 Å². The normalized spacial score (nSPS) is 9.69. The van der Waals surface area contributed by atoms with Gasteiger partial charge in [-0.3, -0.25) is 0 Å². The third-order valence-corrected chi connectivity index (χ3v) is 4.57. The van der Waals surface area contributed by atoms with Gasteiger partial charge in [0, 0.05) is 21.2 Å². The summed E-state index contributed by atoms with van der Waals surface area (Å²) in [6, 6.07) is 41.1. The fraction of sp³-hybridized carbons (Fsp3) is 0. The highest BCUT2D eigenvalue weighted by atomic mass is 32.2. The second-order valence-corrected chi connectivity index (χ2v) is 6.73. The summed E-state index contributed by atoms with van der Waals surface area (Å²) in [7, 11) is 0. The summed E-state index contributed by atoms with van der Waals surface area (Å²) >= 11 is 1.79. The number of rotatable bonds is 4. The molecule has 0 amide bonds. The Morgan fingerprint density at radius 3 is 1.04 bits per heavy atom. The maximum Gasteiger partial charge on any atom is 0.0384 e. The summed E-state index contributed by atoms with van der Waals surface area (Å²) in [5.41, 5.74) is 2.24. The van der Waals surface area contributed by atoms with E-state index in [1.165, 1.54) is 9.79 Å². The molecule has 26 heavy (non-hydrogen) atoms. The average Bonchev–Trinajstić information content (AvgIpc) is 2.72. The number of nitrogens with one attached hydrogen (secondary N) is 1. The molecule has 0 aliphatic carbocycles. The van der Waals surface area contributed by atoms with Crippen molar-refractivity contribution in [3.05, 3.63) is 121 Å². The zero-order valence-corrected chi connectivity index (χ0v) is 15.3. The molecule has 0 unspecified atom stereocenters. The van der Waals surface area contributed by atoms with Crippen molar-refractivity contribution in [2.75, 3.05) is 5.32 Å². The van der Waals surface area contributed by atoms with Crippen molar-refractivity contribution in [3.63, 3.8) is 0 Å². The van der Waals surface area contributed by atoms with E-state index in [0.717, 1.165) is 11.4 Å². The lowest BCUT2D eigenvalue weighted by atomic mass is 10.3. The number of para-hydroxylation sites is 2. The fourth-order valence-electron chi connectivity index (χ4n) is 2.32. The Kier molecular flexibility index (Phi) is 6.94. The molecule has 0 radical (unpaired) electrons. The van der Waals surface area contributed by atoms with E-state index in [9.17, 15) is 0 Å². The Morgan fingerprint density at radius 2 is 0.692 bits per heavy atom. The molecule has 0 aromatic heterocycles. The van der Waals surface area contributed by atoms with Crippen molar-refractivity contribution >= 4 is 23.1 Å². The second-order valence-electron chi connectivity index (χ2n) is 5.59. The minimum Gasteiger partial charge on any atom is -0.356 e. The molecule has 0 heterocycles. The largest absolute Gasteiger partial charge is 0.356 e. The van der Waals surface area contributed by atoms with Crippen LogP contribution < -0.4 is 5.32 Å². The Balaban J connectivity index is 0.000000151. The highest BCUT2D eigenvalue weighted by Gasteiger charge is 1.93. The van der Waals surface area contributed by atoms with E-state index < -0.39 is 0 Å². The van der Waals surface area contributed by atoms with Crippen LogP contribution in [-0.4, -0.2) is 0 Å². The van der Waals surface area contributed by atoms with Crippen LogP contribution >= 0.6 is 11.8 Å². The molecule has 128 valence electrons. The van der Waals surface area contributed by atoms with Crippen LogP contribution in [0, 0.1) is 0 Å². The van der Waals surface area contributed by atoms with Crippen molar-refractivity contribution in [1.29, 1.82) is 0 Å². The molecule has 4 aromatic rings. The van der Waals surface area contributed by atoms with Crippen molar-refractivity contribution in [2.24, 2.45) is 0 Å². The third-order valence-electron chi connectivity index (χ3n) is 3.56. The lowest BCUT2D eigenvalue weighted by molar-refractivity contribution is 1.41. The molecule has 0 spiro atoms. The summed E-state index contributed by atoms with van der Waals surface area (Å²) < 4.78 is 0. The molecule has 0 aliphatic heterocycles. The molecule has 1 N–H and O–H groups in total. The molecule has 0 saturated carbocycles. The first-order valence-electron chi connectivity index (χ1n) is 8.55. The fourth-order valence-corrected chi connectivity index (χ4v) is 3.18. The van der Waals surface area contributed by atoms with Crippen molar-refractivity contribution < 1.29 is 0 Å². The molecular weight excluding hydrogens is 334 g/mol. The number of hydrogen-bond acceptors (Lipinski definition) is 2. The number of anilines is 2. The number of benzene rings is 4. The van der Waals surface area contributed by atoms with Gasteiger partial charge in [0.25, 0.3) is 0 Å². The van der Waals surface area contributed by atoms with Crippen molar-refractivity contribution in [1.82, 2.24) is 0 Å². The maximum atomic E-state index is 3.30. The lowest BCUT2D eigenvalue weighted by Gasteiger charge is -2.04. The standard InChI is InChI=1S/C12H11N.C12H10S/c2*1-3-7-11(8-4-1)13-12-9-5-2-6-10-12/h1-10,13H;1-10H. The zero-order valence-electron chi connectivity index (χ0n) is 14.5. The van der Waals surface area contributed by atoms with E-state index in [1.807, 2.05) is 72.8 Å². The first-order chi connectivity index (χ1) is 12.9. The average molecular weight is 356 g/mol. The molecule has 4 aromatic carbocycles. The van der Waals surface area contributed by atoms with E-state index in [1.54, 1.807) is 11.8 Å². The van der Waals surface area contributed by atoms with Crippen molar-refractivity contribution in [3.8, 4) is 0 Å². The van der Waals surface area contributed by atoms with Gasteiger partial charge in [0.05, 0.1) is 0 Å².